The normalized spacial score (nSPS) is 10.2. The van der Waals surface area contributed by atoms with Crippen LogP contribution in [0, 0.1) is 0 Å². The van der Waals surface area contributed by atoms with E-state index in [1.54, 1.807) is 0 Å². The Morgan fingerprint density at radius 3 is 2.36 bits per heavy atom. The predicted molar refractivity (Wildman–Crippen MR) is 63.4 cm³/mol. The molecule has 0 aliphatic rings. The van der Waals surface area contributed by atoms with Gasteiger partial charge in [0.1, 0.15) is 9.88 Å². The molecule has 1 aromatic rings. The fourth-order valence-electron chi connectivity index (χ4n) is 1.09. The van der Waals surface area contributed by atoms with E-state index in [4.69, 9.17) is 11.5 Å². The van der Waals surface area contributed by atoms with Gasteiger partial charge in [-0.1, -0.05) is 0 Å². The lowest BCUT2D eigenvalue weighted by Crippen LogP contribution is -2.10. The molecule has 1 rings (SSSR count). The van der Waals surface area contributed by atoms with Crippen molar-refractivity contribution in [3.05, 3.63) is 4.88 Å². The first kappa shape index (κ1) is 11.2. The number of rotatable bonds is 3. The number of hydrogen-bond donors (Lipinski definition) is 2. The van der Waals surface area contributed by atoms with Crippen LogP contribution in [0.15, 0.2) is 4.90 Å². The van der Waals surface area contributed by atoms with Crippen LogP contribution < -0.4 is 16.4 Å². The van der Waals surface area contributed by atoms with E-state index in [-0.39, 0.29) is 0 Å². The number of nitrogens with two attached hydrogens (primary N) is 2. The maximum atomic E-state index is 11.1. The number of thiophene rings is 1. The Morgan fingerprint density at radius 2 is 2.07 bits per heavy atom. The van der Waals surface area contributed by atoms with E-state index in [1.807, 2.05) is 25.3 Å². The van der Waals surface area contributed by atoms with Crippen LogP contribution in [0.5, 0.6) is 0 Å². The Balaban J connectivity index is 3.31. The summed E-state index contributed by atoms with van der Waals surface area (Å²) in [7, 11) is 3.82. The van der Waals surface area contributed by atoms with E-state index in [2.05, 4.69) is 0 Å². The zero-order chi connectivity index (χ0) is 10.9. The number of thioether (sulfide) groups is 1. The van der Waals surface area contributed by atoms with Crippen molar-refractivity contribution in [2.75, 3.05) is 31.0 Å². The minimum atomic E-state index is -0.462. The third-order valence-electron chi connectivity index (χ3n) is 1.72. The Morgan fingerprint density at radius 1 is 1.50 bits per heavy atom. The molecule has 0 radical (unpaired) electrons. The molecule has 4 nitrogen and oxygen atoms in total. The second kappa shape index (κ2) is 4.10. The van der Waals surface area contributed by atoms with Gasteiger partial charge in [-0.05, 0) is 6.26 Å². The van der Waals surface area contributed by atoms with Gasteiger partial charge < -0.3 is 16.4 Å². The van der Waals surface area contributed by atoms with Crippen LogP contribution in [0.2, 0.25) is 0 Å². The molecule has 1 aromatic heterocycles. The number of anilines is 2. The number of carbonyl (C=O) groups is 1. The SMILES string of the molecule is CSc1c(N(C)C)sc(C(N)=O)c1N. The molecule has 6 heteroatoms. The summed E-state index contributed by atoms with van der Waals surface area (Å²) < 4.78 is 0. The maximum Gasteiger partial charge on any atom is 0.261 e. The number of hydrogen-bond acceptors (Lipinski definition) is 5. The number of primary amides is 1. The molecule has 1 amide bonds. The number of amides is 1. The molecular formula is C8H13N3OS2. The van der Waals surface area contributed by atoms with Crippen molar-refractivity contribution in [2.24, 2.45) is 5.73 Å². The minimum absolute atomic E-state index is 0.443. The summed E-state index contributed by atoms with van der Waals surface area (Å²) >= 11 is 2.86. The second-order valence-corrected chi connectivity index (χ2v) is 4.76. The summed E-state index contributed by atoms with van der Waals surface area (Å²) in [5.74, 6) is -0.462. The van der Waals surface area contributed by atoms with Crippen LogP contribution in [0.1, 0.15) is 9.67 Å². The average molecular weight is 231 g/mol. The van der Waals surface area contributed by atoms with Gasteiger partial charge in [0.15, 0.2) is 0 Å². The maximum absolute atomic E-state index is 11.1. The van der Waals surface area contributed by atoms with Crippen LogP contribution in [0.3, 0.4) is 0 Å². The molecular weight excluding hydrogens is 218 g/mol. The fraction of sp³-hybridized carbons (Fsp3) is 0.375. The third kappa shape index (κ3) is 1.80. The van der Waals surface area contributed by atoms with Gasteiger partial charge in [0.05, 0.1) is 10.6 Å². The second-order valence-electron chi connectivity index (χ2n) is 2.94. The molecule has 1 heterocycles. The van der Waals surface area contributed by atoms with Crippen LogP contribution in [0.25, 0.3) is 0 Å². The first-order valence-electron chi connectivity index (χ1n) is 3.92. The lowest BCUT2D eigenvalue weighted by Gasteiger charge is -2.10. The van der Waals surface area contributed by atoms with E-state index in [0.717, 1.165) is 9.90 Å². The highest BCUT2D eigenvalue weighted by atomic mass is 32.2. The van der Waals surface area contributed by atoms with Crippen LogP contribution in [0.4, 0.5) is 10.7 Å². The molecule has 14 heavy (non-hydrogen) atoms. The van der Waals surface area contributed by atoms with E-state index >= 15 is 0 Å². The lowest BCUT2D eigenvalue weighted by atomic mass is 10.4. The summed E-state index contributed by atoms with van der Waals surface area (Å²) in [6, 6.07) is 0. The van der Waals surface area contributed by atoms with Crippen LogP contribution in [-0.4, -0.2) is 26.3 Å². The monoisotopic (exact) mass is 231 g/mol. The van der Waals surface area contributed by atoms with Gasteiger partial charge in [0.25, 0.3) is 5.91 Å². The molecule has 78 valence electrons. The summed E-state index contributed by atoms with van der Waals surface area (Å²) in [5.41, 5.74) is 11.5. The Kier molecular flexibility index (Phi) is 3.28. The van der Waals surface area contributed by atoms with Gasteiger partial charge in [-0.3, -0.25) is 4.79 Å². The van der Waals surface area contributed by atoms with Crippen molar-refractivity contribution >= 4 is 39.7 Å². The summed E-state index contributed by atoms with van der Waals surface area (Å²) in [6.07, 6.45) is 1.93. The molecule has 0 aliphatic carbocycles. The topological polar surface area (TPSA) is 72.3 Å². The van der Waals surface area contributed by atoms with Crippen LogP contribution >= 0.6 is 23.1 Å². The van der Waals surface area contributed by atoms with Crippen molar-refractivity contribution in [3.8, 4) is 0 Å². The van der Waals surface area contributed by atoms with Crippen molar-refractivity contribution in [1.82, 2.24) is 0 Å². The van der Waals surface area contributed by atoms with Crippen LogP contribution in [-0.2, 0) is 0 Å². The van der Waals surface area contributed by atoms with Gasteiger partial charge in [0, 0.05) is 14.1 Å². The summed E-state index contributed by atoms with van der Waals surface area (Å²) in [5, 5.41) is 0.976. The average Bonchev–Trinajstić information content (AvgIpc) is 2.42. The molecule has 0 fully saturated rings. The zero-order valence-electron chi connectivity index (χ0n) is 8.33. The zero-order valence-corrected chi connectivity index (χ0v) is 9.96. The van der Waals surface area contributed by atoms with E-state index < -0.39 is 5.91 Å². The third-order valence-corrected chi connectivity index (χ3v) is 4.05. The molecule has 0 bridgehead atoms. The molecule has 0 atom stereocenters. The molecule has 4 N–H and O–H groups in total. The van der Waals surface area contributed by atoms with Crippen molar-refractivity contribution in [3.63, 3.8) is 0 Å². The van der Waals surface area contributed by atoms with E-state index in [9.17, 15) is 4.79 Å². The Hall–Kier alpha value is -0.880. The van der Waals surface area contributed by atoms with Crippen molar-refractivity contribution in [1.29, 1.82) is 0 Å². The molecule has 0 saturated heterocycles. The van der Waals surface area contributed by atoms with Gasteiger partial charge in [-0.25, -0.2) is 0 Å². The highest BCUT2D eigenvalue weighted by Crippen LogP contribution is 2.42. The first-order chi connectivity index (χ1) is 6.49. The van der Waals surface area contributed by atoms with Crippen molar-refractivity contribution < 1.29 is 4.79 Å². The molecule has 0 spiro atoms. The largest absolute Gasteiger partial charge is 0.396 e. The quantitative estimate of drug-likeness (QED) is 0.767. The van der Waals surface area contributed by atoms with Gasteiger partial charge in [-0.15, -0.1) is 23.1 Å². The van der Waals surface area contributed by atoms with Gasteiger partial charge in [0.2, 0.25) is 0 Å². The number of nitrogen functional groups attached to an aromatic ring is 1. The minimum Gasteiger partial charge on any atom is -0.396 e. The van der Waals surface area contributed by atoms with Gasteiger partial charge in [-0.2, -0.15) is 0 Å². The molecule has 0 saturated carbocycles. The summed E-state index contributed by atoms with van der Waals surface area (Å²) in [6.45, 7) is 0. The Bertz CT molecular complexity index is 360. The fourth-order valence-corrected chi connectivity index (χ4v) is 3.10. The van der Waals surface area contributed by atoms with E-state index in [1.165, 1.54) is 23.1 Å². The highest BCUT2D eigenvalue weighted by molar-refractivity contribution is 7.99. The predicted octanol–water partition coefficient (Wildman–Crippen LogP) is 1.22. The van der Waals surface area contributed by atoms with Crippen molar-refractivity contribution in [2.45, 2.75) is 4.90 Å². The highest BCUT2D eigenvalue weighted by Gasteiger charge is 2.19. The standard InChI is InChI=1S/C8H13N3OS2/c1-11(2)8-6(13-3)4(9)5(14-8)7(10)12/h9H2,1-3H3,(H2,10,12). The van der Waals surface area contributed by atoms with E-state index in [0.29, 0.717) is 10.6 Å². The Labute approximate surface area is 91.3 Å². The molecule has 0 unspecified atom stereocenters. The smallest absolute Gasteiger partial charge is 0.261 e. The molecule has 0 aromatic carbocycles. The van der Waals surface area contributed by atoms with Gasteiger partial charge >= 0.3 is 0 Å². The lowest BCUT2D eigenvalue weighted by molar-refractivity contribution is 0.100. The molecule has 0 aliphatic heterocycles. The summed E-state index contributed by atoms with van der Waals surface area (Å²) in [4.78, 5) is 14.3. The number of carbonyl (C=O) groups excluding carboxylic acids is 1. The number of nitrogens with zero attached hydrogens (tertiary/aromatic N) is 1. The first-order valence-corrected chi connectivity index (χ1v) is 5.96.